The van der Waals surface area contributed by atoms with Crippen LogP contribution < -0.4 is 24.2 Å². The van der Waals surface area contributed by atoms with Gasteiger partial charge in [-0.2, -0.15) is 4.72 Å². The molecule has 0 aromatic heterocycles. The number of sulfonamides is 1. The maximum Gasteiger partial charge on any atom is 0.241 e. The highest BCUT2D eigenvalue weighted by molar-refractivity contribution is 7.89. The monoisotopic (exact) mass is 498 g/mol. The van der Waals surface area contributed by atoms with Crippen LogP contribution in [0.4, 0.5) is 0 Å². The van der Waals surface area contributed by atoms with Gasteiger partial charge in [-0.25, -0.2) is 8.42 Å². The van der Waals surface area contributed by atoms with Crippen molar-refractivity contribution >= 4 is 15.9 Å². The van der Waals surface area contributed by atoms with Gasteiger partial charge < -0.3 is 19.5 Å². The third-order valence-corrected chi connectivity index (χ3v) is 6.74. The molecule has 0 saturated heterocycles. The molecule has 8 nitrogen and oxygen atoms in total. The highest BCUT2D eigenvalue weighted by Gasteiger charge is 2.26. The zero-order valence-electron chi connectivity index (χ0n) is 20.0. The Labute approximate surface area is 206 Å². The summed E-state index contributed by atoms with van der Waals surface area (Å²) < 4.78 is 44.6. The number of carbonyl (C=O) groups is 1. The largest absolute Gasteiger partial charge is 0.494 e. The SMILES string of the molecule is CCOc1ccc(S(=O)(=O)NC(Cc2ccccc2)C(=O)NCc2ccc(OC)c(OC)c2)cc1. The average molecular weight is 499 g/mol. The maximum absolute atomic E-state index is 13.1. The maximum atomic E-state index is 13.1. The number of nitrogens with one attached hydrogen (secondary N) is 2. The number of rotatable bonds is 12. The first-order valence-corrected chi connectivity index (χ1v) is 12.6. The van der Waals surface area contributed by atoms with Crippen LogP contribution in [0.15, 0.2) is 77.7 Å². The molecule has 0 bridgehead atoms. The number of hydrogen-bond acceptors (Lipinski definition) is 6. The van der Waals surface area contributed by atoms with Crippen LogP contribution >= 0.6 is 0 Å². The molecule has 0 radical (unpaired) electrons. The van der Waals surface area contributed by atoms with E-state index < -0.39 is 22.0 Å². The Morgan fingerprint density at radius 2 is 1.57 bits per heavy atom. The molecule has 1 unspecified atom stereocenters. The van der Waals surface area contributed by atoms with Gasteiger partial charge in [0.15, 0.2) is 11.5 Å². The molecular weight excluding hydrogens is 468 g/mol. The minimum absolute atomic E-state index is 0.0479. The van der Waals surface area contributed by atoms with E-state index in [1.165, 1.54) is 19.2 Å². The first-order valence-electron chi connectivity index (χ1n) is 11.1. The van der Waals surface area contributed by atoms with E-state index in [4.69, 9.17) is 14.2 Å². The van der Waals surface area contributed by atoms with Crippen LogP contribution in [0.1, 0.15) is 18.1 Å². The molecule has 0 heterocycles. The lowest BCUT2D eigenvalue weighted by Crippen LogP contribution is -2.47. The number of amides is 1. The lowest BCUT2D eigenvalue weighted by Gasteiger charge is -2.19. The Balaban J connectivity index is 1.77. The quantitative estimate of drug-likeness (QED) is 0.397. The van der Waals surface area contributed by atoms with Crippen LogP contribution in [-0.4, -0.2) is 41.2 Å². The smallest absolute Gasteiger partial charge is 0.241 e. The van der Waals surface area contributed by atoms with Crippen LogP contribution in [0.5, 0.6) is 17.2 Å². The van der Waals surface area contributed by atoms with Gasteiger partial charge in [-0.3, -0.25) is 4.79 Å². The third-order valence-electron chi connectivity index (χ3n) is 5.26. The summed E-state index contributed by atoms with van der Waals surface area (Å²) in [6, 6.07) is 19.6. The molecule has 9 heteroatoms. The molecule has 186 valence electrons. The summed E-state index contributed by atoms with van der Waals surface area (Å²) in [5.41, 5.74) is 1.61. The predicted octanol–water partition coefficient (Wildman–Crippen LogP) is 3.31. The molecule has 0 spiro atoms. The first kappa shape index (κ1) is 26.1. The first-order chi connectivity index (χ1) is 16.9. The van der Waals surface area contributed by atoms with E-state index >= 15 is 0 Å². The van der Waals surface area contributed by atoms with Crippen LogP contribution in [0, 0.1) is 0 Å². The van der Waals surface area contributed by atoms with Crippen molar-refractivity contribution in [2.45, 2.75) is 30.8 Å². The fourth-order valence-electron chi connectivity index (χ4n) is 3.48. The molecule has 0 aliphatic rings. The predicted molar refractivity (Wildman–Crippen MR) is 133 cm³/mol. The second-order valence-corrected chi connectivity index (χ2v) is 9.39. The Bertz CT molecular complexity index is 1210. The molecule has 1 atom stereocenters. The Morgan fingerprint density at radius 1 is 0.886 bits per heavy atom. The summed E-state index contributed by atoms with van der Waals surface area (Å²) in [6.45, 7) is 2.51. The van der Waals surface area contributed by atoms with Gasteiger partial charge >= 0.3 is 0 Å². The van der Waals surface area contributed by atoms with E-state index in [9.17, 15) is 13.2 Å². The third kappa shape index (κ3) is 7.21. The van der Waals surface area contributed by atoms with E-state index in [0.717, 1.165) is 11.1 Å². The van der Waals surface area contributed by atoms with Crippen LogP contribution in [-0.2, 0) is 27.8 Å². The summed E-state index contributed by atoms with van der Waals surface area (Å²) in [6.07, 6.45) is 0.189. The summed E-state index contributed by atoms with van der Waals surface area (Å²) in [5, 5.41) is 2.83. The van der Waals surface area contributed by atoms with Crippen molar-refractivity contribution in [3.63, 3.8) is 0 Å². The standard InChI is InChI=1S/C26H30N2O6S/c1-4-34-21-11-13-22(14-12-21)35(30,31)28-23(16-19-8-6-5-7-9-19)26(29)27-18-20-10-15-24(32-2)25(17-20)33-3/h5-15,17,23,28H,4,16,18H2,1-3H3,(H,27,29). The van der Waals surface area contributed by atoms with E-state index in [1.54, 1.807) is 37.4 Å². The normalized spacial score (nSPS) is 12.0. The lowest BCUT2D eigenvalue weighted by atomic mass is 10.1. The van der Waals surface area contributed by atoms with Crippen molar-refractivity contribution in [3.8, 4) is 17.2 Å². The number of methoxy groups -OCH3 is 2. The highest BCUT2D eigenvalue weighted by atomic mass is 32.2. The number of hydrogen-bond donors (Lipinski definition) is 2. The van der Waals surface area contributed by atoms with Crippen molar-refractivity contribution in [1.29, 1.82) is 0 Å². The summed E-state index contributed by atoms with van der Waals surface area (Å²) >= 11 is 0. The van der Waals surface area contributed by atoms with Gasteiger partial charge in [0.05, 0.1) is 25.7 Å². The van der Waals surface area contributed by atoms with Gasteiger partial charge in [0.2, 0.25) is 15.9 Å². The number of ether oxygens (including phenoxy) is 3. The minimum atomic E-state index is -3.96. The number of benzene rings is 3. The fourth-order valence-corrected chi connectivity index (χ4v) is 4.67. The van der Waals surface area contributed by atoms with E-state index in [1.807, 2.05) is 37.3 Å². The Kier molecular flexibility index (Phi) is 9.11. The molecule has 0 aliphatic heterocycles. The highest BCUT2D eigenvalue weighted by Crippen LogP contribution is 2.27. The molecule has 1 amide bonds. The Morgan fingerprint density at radius 3 is 2.20 bits per heavy atom. The zero-order chi connectivity index (χ0) is 25.3. The molecule has 3 aromatic carbocycles. The molecule has 3 rings (SSSR count). The van der Waals surface area contributed by atoms with E-state index in [0.29, 0.717) is 23.9 Å². The second-order valence-electron chi connectivity index (χ2n) is 7.68. The molecule has 0 saturated carbocycles. The van der Waals surface area contributed by atoms with Crippen LogP contribution in [0.2, 0.25) is 0 Å². The van der Waals surface area contributed by atoms with Crippen molar-refractivity contribution in [2.24, 2.45) is 0 Å². The molecule has 0 aliphatic carbocycles. The van der Waals surface area contributed by atoms with Gasteiger partial charge in [-0.1, -0.05) is 36.4 Å². The average Bonchev–Trinajstić information content (AvgIpc) is 2.87. The summed E-state index contributed by atoms with van der Waals surface area (Å²) in [7, 11) is -0.883. The van der Waals surface area contributed by atoms with Gasteiger partial charge in [0, 0.05) is 6.54 Å². The molecule has 0 fully saturated rings. The van der Waals surface area contributed by atoms with Crippen molar-refractivity contribution in [3.05, 3.63) is 83.9 Å². The van der Waals surface area contributed by atoms with Gasteiger partial charge in [-0.05, 0) is 60.9 Å². The van der Waals surface area contributed by atoms with Gasteiger partial charge in [0.25, 0.3) is 0 Å². The van der Waals surface area contributed by atoms with Crippen molar-refractivity contribution < 1.29 is 27.4 Å². The van der Waals surface area contributed by atoms with Gasteiger partial charge in [-0.15, -0.1) is 0 Å². The van der Waals surface area contributed by atoms with Crippen molar-refractivity contribution in [1.82, 2.24) is 10.0 Å². The molecule has 35 heavy (non-hydrogen) atoms. The van der Waals surface area contributed by atoms with Crippen LogP contribution in [0.25, 0.3) is 0 Å². The number of carbonyl (C=O) groups excluding carboxylic acids is 1. The second kappa shape index (κ2) is 12.2. The van der Waals surface area contributed by atoms with E-state index in [2.05, 4.69) is 10.0 Å². The molecule has 2 N–H and O–H groups in total. The van der Waals surface area contributed by atoms with Crippen LogP contribution in [0.3, 0.4) is 0 Å². The summed E-state index contributed by atoms with van der Waals surface area (Å²) in [4.78, 5) is 13.2. The minimum Gasteiger partial charge on any atom is -0.494 e. The summed E-state index contributed by atoms with van der Waals surface area (Å²) in [5.74, 6) is 1.24. The lowest BCUT2D eigenvalue weighted by molar-refractivity contribution is -0.122. The topological polar surface area (TPSA) is 103 Å². The molecular formula is C26H30N2O6S. The van der Waals surface area contributed by atoms with Crippen molar-refractivity contribution in [2.75, 3.05) is 20.8 Å². The molecule has 3 aromatic rings. The fraction of sp³-hybridized carbons (Fsp3) is 0.269. The zero-order valence-corrected chi connectivity index (χ0v) is 20.8. The van der Waals surface area contributed by atoms with Gasteiger partial charge in [0.1, 0.15) is 11.8 Å². The Hall–Kier alpha value is -3.56. The van der Waals surface area contributed by atoms with E-state index in [-0.39, 0.29) is 17.9 Å².